The Morgan fingerprint density at radius 1 is 1.47 bits per heavy atom. The average Bonchev–Trinajstić information content (AvgIpc) is 2.42. The summed E-state index contributed by atoms with van der Waals surface area (Å²) in [6.07, 6.45) is 11.1. The number of nitrogens with two attached hydrogens (primary N) is 1. The van der Waals surface area contributed by atoms with Gasteiger partial charge in [-0.05, 0) is 32.1 Å². The molecule has 0 saturated carbocycles. The minimum Gasteiger partial charge on any atom is -0.378 e. The molecule has 1 aliphatic rings. The van der Waals surface area contributed by atoms with Gasteiger partial charge in [0.25, 0.3) is 0 Å². The molecule has 1 aromatic rings. The molecule has 5 nitrogen and oxygen atoms in total. The van der Waals surface area contributed by atoms with Gasteiger partial charge >= 0.3 is 0 Å². The molecular formula is C12H20N4O. The van der Waals surface area contributed by atoms with Gasteiger partial charge in [-0.15, -0.1) is 0 Å². The number of hydrogen-bond donors (Lipinski definition) is 2. The normalized spacial score (nSPS) is 22.3. The van der Waals surface area contributed by atoms with Gasteiger partial charge in [0.1, 0.15) is 0 Å². The van der Waals surface area contributed by atoms with Gasteiger partial charge in [-0.3, -0.25) is 21.2 Å². The van der Waals surface area contributed by atoms with E-state index in [-0.39, 0.29) is 6.04 Å². The third-order valence-corrected chi connectivity index (χ3v) is 3.19. The molecule has 2 rings (SSSR count). The zero-order chi connectivity index (χ0) is 11.9. The van der Waals surface area contributed by atoms with Crippen LogP contribution in [-0.2, 0) is 4.74 Å². The second kappa shape index (κ2) is 6.64. The van der Waals surface area contributed by atoms with Crippen LogP contribution < -0.4 is 11.3 Å². The standard InChI is InChI=1S/C12H20N4O/c13-16-11(12-9-14-6-7-15-12)5-4-10-3-1-2-8-17-10/h6-7,9-11,16H,1-5,8,13H2. The number of aromatic nitrogens is 2. The van der Waals surface area contributed by atoms with Crippen LogP contribution in [0.15, 0.2) is 18.6 Å². The van der Waals surface area contributed by atoms with E-state index in [9.17, 15) is 0 Å². The number of nitrogens with zero attached hydrogens (tertiary/aromatic N) is 2. The highest BCUT2D eigenvalue weighted by Crippen LogP contribution is 2.21. The van der Waals surface area contributed by atoms with Crippen LogP contribution in [0.4, 0.5) is 0 Å². The number of hydrazine groups is 1. The topological polar surface area (TPSA) is 73.1 Å². The predicted molar refractivity (Wildman–Crippen MR) is 64.9 cm³/mol. The molecule has 0 amide bonds. The largest absolute Gasteiger partial charge is 0.378 e. The first-order valence-electron chi connectivity index (χ1n) is 6.24. The van der Waals surface area contributed by atoms with Gasteiger partial charge in [-0.25, -0.2) is 0 Å². The third kappa shape index (κ3) is 3.73. The van der Waals surface area contributed by atoms with Crippen molar-refractivity contribution < 1.29 is 4.74 Å². The molecule has 1 aromatic heterocycles. The lowest BCUT2D eigenvalue weighted by molar-refractivity contribution is 0.00847. The molecule has 3 N–H and O–H groups in total. The maximum absolute atomic E-state index is 5.70. The van der Waals surface area contributed by atoms with Crippen LogP contribution >= 0.6 is 0 Å². The molecule has 1 aliphatic heterocycles. The van der Waals surface area contributed by atoms with Gasteiger partial charge in [-0.2, -0.15) is 0 Å². The van der Waals surface area contributed by atoms with Crippen molar-refractivity contribution >= 4 is 0 Å². The number of ether oxygens (including phenoxy) is 1. The Labute approximate surface area is 102 Å². The second-order valence-electron chi connectivity index (χ2n) is 4.42. The van der Waals surface area contributed by atoms with Crippen molar-refractivity contribution in [3.63, 3.8) is 0 Å². The zero-order valence-electron chi connectivity index (χ0n) is 10.0. The lowest BCUT2D eigenvalue weighted by atomic mass is 10.0. The number of rotatable bonds is 5. The maximum Gasteiger partial charge on any atom is 0.0769 e. The van der Waals surface area contributed by atoms with E-state index in [1.165, 1.54) is 12.8 Å². The van der Waals surface area contributed by atoms with E-state index >= 15 is 0 Å². The molecule has 2 unspecified atom stereocenters. The van der Waals surface area contributed by atoms with Crippen molar-refractivity contribution in [3.8, 4) is 0 Å². The summed E-state index contributed by atoms with van der Waals surface area (Å²) in [5.41, 5.74) is 3.69. The Kier molecular flexibility index (Phi) is 4.85. The van der Waals surface area contributed by atoms with Crippen LogP contribution in [0.5, 0.6) is 0 Å². The summed E-state index contributed by atoms with van der Waals surface area (Å²) in [4.78, 5) is 8.33. The Balaban J connectivity index is 1.83. The Morgan fingerprint density at radius 2 is 2.41 bits per heavy atom. The summed E-state index contributed by atoms with van der Waals surface area (Å²) < 4.78 is 5.70. The van der Waals surface area contributed by atoms with E-state index < -0.39 is 0 Å². The fourth-order valence-corrected chi connectivity index (χ4v) is 2.19. The van der Waals surface area contributed by atoms with E-state index in [2.05, 4.69) is 15.4 Å². The van der Waals surface area contributed by atoms with E-state index in [1.807, 2.05) is 0 Å². The van der Waals surface area contributed by atoms with Crippen LogP contribution in [-0.4, -0.2) is 22.7 Å². The van der Waals surface area contributed by atoms with Crippen molar-refractivity contribution in [2.24, 2.45) is 5.84 Å². The molecule has 0 bridgehead atoms. The Morgan fingerprint density at radius 3 is 3.06 bits per heavy atom. The summed E-state index contributed by atoms with van der Waals surface area (Å²) in [5.74, 6) is 5.56. The smallest absolute Gasteiger partial charge is 0.0769 e. The molecule has 94 valence electrons. The molecule has 2 atom stereocenters. The Bertz CT molecular complexity index is 314. The summed E-state index contributed by atoms with van der Waals surface area (Å²) >= 11 is 0. The van der Waals surface area contributed by atoms with E-state index in [4.69, 9.17) is 10.6 Å². The van der Waals surface area contributed by atoms with E-state index in [0.717, 1.165) is 31.6 Å². The molecule has 1 fully saturated rings. The number of nitrogens with one attached hydrogen (secondary N) is 1. The summed E-state index contributed by atoms with van der Waals surface area (Å²) in [7, 11) is 0. The SMILES string of the molecule is NNC(CCC1CCCCO1)c1cnccn1. The van der Waals surface area contributed by atoms with Crippen molar-refractivity contribution in [2.45, 2.75) is 44.2 Å². The first-order chi connectivity index (χ1) is 8.40. The Hall–Kier alpha value is -1.04. The predicted octanol–water partition coefficient (Wildman–Crippen LogP) is 1.33. The lowest BCUT2D eigenvalue weighted by Crippen LogP contribution is -2.30. The van der Waals surface area contributed by atoms with Crippen LogP contribution in [0.25, 0.3) is 0 Å². The van der Waals surface area contributed by atoms with Crippen LogP contribution in [0, 0.1) is 0 Å². The molecule has 5 heteroatoms. The quantitative estimate of drug-likeness (QED) is 0.596. The van der Waals surface area contributed by atoms with Crippen LogP contribution in [0.2, 0.25) is 0 Å². The summed E-state index contributed by atoms with van der Waals surface area (Å²) in [6.45, 7) is 0.899. The molecule has 0 radical (unpaired) electrons. The third-order valence-electron chi connectivity index (χ3n) is 3.19. The fourth-order valence-electron chi connectivity index (χ4n) is 2.19. The van der Waals surface area contributed by atoms with E-state index in [1.54, 1.807) is 18.6 Å². The highest BCUT2D eigenvalue weighted by atomic mass is 16.5. The fraction of sp³-hybridized carbons (Fsp3) is 0.667. The van der Waals surface area contributed by atoms with Crippen molar-refractivity contribution in [3.05, 3.63) is 24.3 Å². The first-order valence-corrected chi connectivity index (χ1v) is 6.24. The van der Waals surface area contributed by atoms with Crippen molar-refractivity contribution in [2.75, 3.05) is 6.61 Å². The van der Waals surface area contributed by atoms with Gasteiger partial charge in [0.2, 0.25) is 0 Å². The monoisotopic (exact) mass is 236 g/mol. The molecule has 1 saturated heterocycles. The highest BCUT2D eigenvalue weighted by Gasteiger charge is 2.17. The second-order valence-corrected chi connectivity index (χ2v) is 4.42. The van der Waals surface area contributed by atoms with Gasteiger partial charge < -0.3 is 4.74 Å². The van der Waals surface area contributed by atoms with Gasteiger partial charge in [0.05, 0.1) is 24.0 Å². The minimum atomic E-state index is 0.0641. The molecular weight excluding hydrogens is 216 g/mol. The minimum absolute atomic E-state index is 0.0641. The molecule has 17 heavy (non-hydrogen) atoms. The molecule has 0 aromatic carbocycles. The van der Waals surface area contributed by atoms with Gasteiger partial charge in [0.15, 0.2) is 0 Å². The zero-order valence-corrected chi connectivity index (χ0v) is 10.0. The maximum atomic E-state index is 5.70. The molecule has 2 heterocycles. The number of hydrogen-bond acceptors (Lipinski definition) is 5. The van der Waals surface area contributed by atoms with Gasteiger partial charge in [-0.1, -0.05) is 0 Å². The molecule has 0 spiro atoms. The summed E-state index contributed by atoms with van der Waals surface area (Å²) in [5, 5.41) is 0. The van der Waals surface area contributed by atoms with E-state index in [0.29, 0.717) is 6.10 Å². The van der Waals surface area contributed by atoms with Crippen LogP contribution in [0.1, 0.15) is 43.8 Å². The molecule has 0 aliphatic carbocycles. The van der Waals surface area contributed by atoms with Crippen molar-refractivity contribution in [1.82, 2.24) is 15.4 Å². The van der Waals surface area contributed by atoms with Crippen molar-refractivity contribution in [1.29, 1.82) is 0 Å². The average molecular weight is 236 g/mol. The summed E-state index contributed by atoms with van der Waals surface area (Å²) in [6, 6.07) is 0.0641. The highest BCUT2D eigenvalue weighted by molar-refractivity contribution is 5.01. The van der Waals surface area contributed by atoms with Crippen LogP contribution in [0.3, 0.4) is 0 Å². The van der Waals surface area contributed by atoms with Gasteiger partial charge in [0, 0.05) is 19.0 Å². The first kappa shape index (κ1) is 12.4. The lowest BCUT2D eigenvalue weighted by Gasteiger charge is -2.24.